The van der Waals surface area contributed by atoms with Gasteiger partial charge in [-0.2, -0.15) is 0 Å². The number of carbonyl (C=O) groups excluding carboxylic acids is 2. The molecule has 0 aliphatic heterocycles. The highest BCUT2D eigenvalue weighted by Crippen LogP contribution is 2.15. The van der Waals surface area contributed by atoms with E-state index in [2.05, 4.69) is 15.3 Å². The Morgan fingerprint density at radius 3 is 2.61 bits per heavy atom. The maximum Gasteiger partial charge on any atom is 0.268 e. The molecule has 0 aliphatic carbocycles. The minimum absolute atomic E-state index is 0.103. The van der Waals surface area contributed by atoms with Crippen molar-refractivity contribution in [3.05, 3.63) is 63.5 Å². The topological polar surface area (TPSA) is 95.2 Å². The second-order valence-corrected chi connectivity index (χ2v) is 7.82. The number of carbonyl (C=O) groups is 2. The molecule has 7 nitrogen and oxygen atoms in total. The Balaban J connectivity index is 1.74. The quantitative estimate of drug-likeness (QED) is 0.667. The number of benzene rings is 1. The van der Waals surface area contributed by atoms with Crippen molar-refractivity contribution in [3.8, 4) is 0 Å². The molecule has 0 spiro atoms. The van der Waals surface area contributed by atoms with Crippen molar-refractivity contribution < 1.29 is 9.59 Å². The fraction of sp³-hybridized carbons (Fsp3) is 0.300. The highest BCUT2D eigenvalue weighted by atomic mass is 32.1. The van der Waals surface area contributed by atoms with Crippen LogP contribution in [0.25, 0.3) is 10.2 Å². The molecule has 146 valence electrons. The number of nitrogens with one attached hydrogen (secondary N) is 2. The summed E-state index contributed by atoms with van der Waals surface area (Å²) in [4.78, 5) is 46.1. The highest BCUT2D eigenvalue weighted by Gasteiger charge is 2.27. The van der Waals surface area contributed by atoms with Gasteiger partial charge in [0.25, 0.3) is 11.5 Å². The zero-order chi connectivity index (χ0) is 20.3. The third-order valence-corrected chi connectivity index (χ3v) is 5.28. The maximum atomic E-state index is 12.9. The summed E-state index contributed by atoms with van der Waals surface area (Å²) in [6, 6.07) is 9.86. The molecule has 0 aliphatic rings. The second kappa shape index (κ2) is 8.35. The summed E-state index contributed by atoms with van der Waals surface area (Å²) in [5.41, 5.74) is 0.897. The number of rotatable bonds is 6. The molecule has 1 atom stereocenters. The summed E-state index contributed by atoms with van der Waals surface area (Å²) in [7, 11) is 1.63. The number of aromatic nitrogens is 2. The van der Waals surface area contributed by atoms with Crippen LogP contribution < -0.4 is 10.9 Å². The summed E-state index contributed by atoms with van der Waals surface area (Å²) < 4.78 is 0.563. The molecule has 0 bridgehead atoms. The van der Waals surface area contributed by atoms with Gasteiger partial charge in [-0.05, 0) is 29.5 Å². The lowest BCUT2D eigenvalue weighted by Gasteiger charge is -2.26. The van der Waals surface area contributed by atoms with Gasteiger partial charge in [0.05, 0.1) is 12.1 Å². The van der Waals surface area contributed by atoms with E-state index in [1.165, 1.54) is 16.2 Å². The number of likely N-dealkylation sites (N-methyl/N-ethyl adjacent to an activating group) is 1. The predicted octanol–water partition coefficient (Wildman–Crippen LogP) is 2.40. The minimum Gasteiger partial charge on any atom is -0.340 e. The standard InChI is InChI=1S/C20H22N4O3S/c1-12(2)16(23-18(25)13-7-5-4-6-8-13)20(27)24(3)11-15-21-14-9-10-28-17(14)19(26)22-15/h4-10,12,16H,11H2,1-3H3,(H,23,25)(H,21,22,26). The molecule has 2 aromatic heterocycles. The molecule has 3 rings (SSSR count). The number of hydrogen-bond acceptors (Lipinski definition) is 5. The van der Waals surface area contributed by atoms with E-state index in [1.54, 1.807) is 42.8 Å². The van der Waals surface area contributed by atoms with Crippen LogP contribution in [0.5, 0.6) is 0 Å². The number of aromatic amines is 1. The van der Waals surface area contributed by atoms with Crippen LogP contribution in [0.2, 0.25) is 0 Å². The number of thiophene rings is 1. The molecule has 0 fully saturated rings. The van der Waals surface area contributed by atoms with Gasteiger partial charge in [0.1, 0.15) is 16.6 Å². The Bertz CT molecular complexity index is 1040. The number of H-pyrrole nitrogens is 1. The van der Waals surface area contributed by atoms with E-state index in [4.69, 9.17) is 0 Å². The van der Waals surface area contributed by atoms with E-state index in [-0.39, 0.29) is 29.8 Å². The Hall–Kier alpha value is -3.00. The molecule has 1 unspecified atom stereocenters. The van der Waals surface area contributed by atoms with Crippen molar-refractivity contribution in [2.75, 3.05) is 7.05 Å². The number of nitrogens with zero attached hydrogens (tertiary/aromatic N) is 2. The normalized spacial score (nSPS) is 12.1. The SMILES string of the molecule is CC(C)C(NC(=O)c1ccccc1)C(=O)N(C)Cc1nc2ccsc2c(=O)[nH]1. The monoisotopic (exact) mass is 398 g/mol. The average molecular weight is 398 g/mol. The lowest BCUT2D eigenvalue weighted by atomic mass is 10.0. The fourth-order valence-electron chi connectivity index (χ4n) is 2.86. The second-order valence-electron chi connectivity index (χ2n) is 6.90. The Morgan fingerprint density at radius 1 is 1.21 bits per heavy atom. The van der Waals surface area contributed by atoms with Gasteiger partial charge < -0.3 is 15.2 Å². The van der Waals surface area contributed by atoms with E-state index in [0.29, 0.717) is 21.6 Å². The van der Waals surface area contributed by atoms with Crippen molar-refractivity contribution in [1.82, 2.24) is 20.2 Å². The van der Waals surface area contributed by atoms with Crippen LogP contribution >= 0.6 is 11.3 Å². The van der Waals surface area contributed by atoms with Crippen molar-refractivity contribution in [3.63, 3.8) is 0 Å². The summed E-state index contributed by atoms with van der Waals surface area (Å²) in [6.07, 6.45) is 0. The van der Waals surface area contributed by atoms with Crippen LogP contribution in [-0.4, -0.2) is 39.8 Å². The molecule has 3 aromatic rings. The van der Waals surface area contributed by atoms with Crippen molar-refractivity contribution in [2.45, 2.75) is 26.4 Å². The van der Waals surface area contributed by atoms with Gasteiger partial charge in [-0.15, -0.1) is 11.3 Å². The molecule has 0 radical (unpaired) electrons. The minimum atomic E-state index is -0.686. The molecule has 0 saturated carbocycles. The van der Waals surface area contributed by atoms with Gasteiger partial charge >= 0.3 is 0 Å². The van der Waals surface area contributed by atoms with Crippen molar-refractivity contribution >= 4 is 33.4 Å². The first kappa shape index (κ1) is 19.8. The summed E-state index contributed by atoms with van der Waals surface area (Å²) in [5, 5.41) is 4.62. The summed E-state index contributed by atoms with van der Waals surface area (Å²) in [5.74, 6) is -0.239. The Morgan fingerprint density at radius 2 is 1.93 bits per heavy atom. The van der Waals surface area contributed by atoms with Crippen molar-refractivity contribution in [2.24, 2.45) is 5.92 Å². The van der Waals surface area contributed by atoms with E-state index >= 15 is 0 Å². The Labute approximate surface area is 166 Å². The molecule has 0 saturated heterocycles. The molecule has 2 amide bonds. The van der Waals surface area contributed by atoms with Crippen LogP contribution in [0.4, 0.5) is 0 Å². The first-order chi connectivity index (χ1) is 13.4. The lowest BCUT2D eigenvalue weighted by Crippen LogP contribution is -2.50. The van der Waals surface area contributed by atoms with E-state index < -0.39 is 6.04 Å². The van der Waals surface area contributed by atoms with Gasteiger partial charge in [-0.25, -0.2) is 4.98 Å². The molecule has 8 heteroatoms. The largest absolute Gasteiger partial charge is 0.340 e. The van der Waals surface area contributed by atoms with Gasteiger partial charge in [0.2, 0.25) is 5.91 Å². The van der Waals surface area contributed by atoms with Crippen LogP contribution in [0.1, 0.15) is 30.0 Å². The smallest absolute Gasteiger partial charge is 0.268 e. The van der Waals surface area contributed by atoms with Crippen molar-refractivity contribution in [1.29, 1.82) is 0 Å². The van der Waals surface area contributed by atoms with E-state index in [9.17, 15) is 14.4 Å². The number of amides is 2. The molecular formula is C20H22N4O3S. The zero-order valence-corrected chi connectivity index (χ0v) is 16.7. The van der Waals surface area contributed by atoms with E-state index in [0.717, 1.165) is 0 Å². The predicted molar refractivity (Wildman–Crippen MR) is 109 cm³/mol. The molecule has 2 N–H and O–H groups in total. The van der Waals surface area contributed by atoms with Crippen LogP contribution in [0.15, 0.2) is 46.6 Å². The van der Waals surface area contributed by atoms with E-state index in [1.807, 2.05) is 19.9 Å². The third-order valence-electron chi connectivity index (χ3n) is 4.38. The first-order valence-corrected chi connectivity index (χ1v) is 9.82. The van der Waals surface area contributed by atoms with Crippen LogP contribution in [0, 0.1) is 5.92 Å². The third kappa shape index (κ3) is 4.28. The lowest BCUT2D eigenvalue weighted by molar-refractivity contribution is -0.133. The van der Waals surface area contributed by atoms with Gasteiger partial charge in [0, 0.05) is 12.6 Å². The highest BCUT2D eigenvalue weighted by molar-refractivity contribution is 7.17. The molecule has 2 heterocycles. The van der Waals surface area contributed by atoms with Crippen LogP contribution in [-0.2, 0) is 11.3 Å². The summed E-state index contributed by atoms with van der Waals surface area (Å²) in [6.45, 7) is 3.89. The Kier molecular flexibility index (Phi) is 5.89. The number of hydrogen-bond donors (Lipinski definition) is 2. The molecule has 1 aromatic carbocycles. The maximum absolute atomic E-state index is 12.9. The number of fused-ring (bicyclic) bond motifs is 1. The first-order valence-electron chi connectivity index (χ1n) is 8.94. The average Bonchev–Trinajstić information content (AvgIpc) is 3.15. The zero-order valence-electron chi connectivity index (χ0n) is 15.9. The van der Waals surface area contributed by atoms with Gasteiger partial charge in [-0.1, -0.05) is 32.0 Å². The van der Waals surface area contributed by atoms with Gasteiger partial charge in [-0.3, -0.25) is 14.4 Å². The summed E-state index contributed by atoms with van der Waals surface area (Å²) >= 11 is 1.33. The molecule has 28 heavy (non-hydrogen) atoms. The molecular weight excluding hydrogens is 376 g/mol. The fourth-order valence-corrected chi connectivity index (χ4v) is 3.59. The van der Waals surface area contributed by atoms with Crippen LogP contribution in [0.3, 0.4) is 0 Å². The van der Waals surface area contributed by atoms with Gasteiger partial charge in [0.15, 0.2) is 0 Å².